The lowest BCUT2D eigenvalue weighted by molar-refractivity contribution is 0.0183. The maximum absolute atomic E-state index is 13.0. The fourth-order valence-electron chi connectivity index (χ4n) is 0.961. The van der Waals surface area contributed by atoms with Crippen LogP contribution in [0.2, 0.25) is 0 Å². The van der Waals surface area contributed by atoms with Gasteiger partial charge < -0.3 is 0 Å². The first-order chi connectivity index (χ1) is 8.32. The van der Waals surface area contributed by atoms with E-state index < -0.39 is 45.8 Å². The molecule has 1 rings (SSSR count). The Hall–Kier alpha value is -2.42. The molecule has 11 heteroatoms. The van der Waals surface area contributed by atoms with Gasteiger partial charge in [0.15, 0.2) is 23.3 Å². The molecule has 0 atom stereocenters. The lowest BCUT2D eigenvalue weighted by Gasteiger charge is -2.05. The van der Waals surface area contributed by atoms with Crippen molar-refractivity contribution in [1.82, 2.24) is 5.23 Å². The van der Waals surface area contributed by atoms with E-state index in [0.29, 0.717) is 0 Å². The molecule has 0 aromatic heterocycles. The molecule has 96 valence electrons. The molecule has 0 heterocycles. The Balaban J connectivity index is 3.51. The van der Waals surface area contributed by atoms with Gasteiger partial charge in [0, 0.05) is 14.9 Å². The molecule has 1 aromatic carbocycles. The normalized spacial score (nSPS) is 9.89. The van der Waals surface area contributed by atoms with Crippen molar-refractivity contribution in [3.8, 4) is 0 Å². The molecule has 0 bridgehead atoms. The molecule has 0 saturated carbocycles. The van der Waals surface area contributed by atoms with Gasteiger partial charge in [0.2, 0.25) is 5.82 Å². The van der Waals surface area contributed by atoms with Crippen LogP contribution in [0.15, 0.2) is 5.22 Å². The molecule has 0 aliphatic rings. The van der Waals surface area contributed by atoms with Gasteiger partial charge in [-0.1, -0.05) is 0 Å². The van der Waals surface area contributed by atoms with E-state index in [2.05, 4.69) is 0 Å². The number of halogens is 6. The number of benzene rings is 1. The summed E-state index contributed by atoms with van der Waals surface area (Å²) in [5, 5.41) is 0.586. The molecule has 0 saturated heterocycles. The van der Waals surface area contributed by atoms with E-state index in [0.717, 1.165) is 0 Å². The fraction of sp³-hybridized carbons (Fsp3) is 0. The second-order valence-corrected chi connectivity index (χ2v) is 2.69. The van der Waals surface area contributed by atoms with Crippen LogP contribution in [0, 0.1) is 29.1 Å². The molecule has 0 radical (unpaired) electrons. The first kappa shape index (κ1) is 13.6. The van der Waals surface area contributed by atoms with Crippen LogP contribution in [0.4, 0.5) is 26.4 Å². The third kappa shape index (κ3) is 2.02. The molecule has 1 aromatic rings. The zero-order valence-corrected chi connectivity index (χ0v) is 7.96. The number of nitrogens with zero attached hydrogens (tertiary/aromatic N) is 4. The predicted octanol–water partition coefficient (Wildman–Crippen LogP) is 2.93. The standard InChI is InChI=1S/C7F6N4O/c8-2-1(7(18)17(13)16-15-14)3(9)5(11)6(12)4(2)10. The number of carbonyl (C=O) groups excluding carboxylic acids is 1. The van der Waals surface area contributed by atoms with Crippen molar-refractivity contribution in [3.05, 3.63) is 45.1 Å². The van der Waals surface area contributed by atoms with Gasteiger partial charge in [0.25, 0.3) is 0 Å². The van der Waals surface area contributed by atoms with Gasteiger partial charge in [-0.3, -0.25) is 0 Å². The SMILES string of the molecule is [N-]=[N+]=NN(F)C(=O)c1c(F)c(F)c(F)c(F)c1F. The molecular weight excluding hydrogens is 270 g/mol. The van der Waals surface area contributed by atoms with Crippen LogP contribution in [-0.2, 0) is 0 Å². The smallest absolute Gasteiger partial charge is 0.237 e. The maximum Gasteiger partial charge on any atom is 0.386 e. The van der Waals surface area contributed by atoms with Crippen LogP contribution in [0.3, 0.4) is 0 Å². The van der Waals surface area contributed by atoms with Gasteiger partial charge in [0.1, 0.15) is 5.56 Å². The number of hydrogen-bond acceptors (Lipinski definition) is 2. The molecule has 5 nitrogen and oxygen atoms in total. The fourth-order valence-corrected chi connectivity index (χ4v) is 0.961. The summed E-state index contributed by atoms with van der Waals surface area (Å²) in [5.74, 6) is -14.8. The monoisotopic (exact) mass is 270 g/mol. The minimum absolute atomic E-state index is 1.40. The van der Waals surface area contributed by atoms with Gasteiger partial charge in [-0.2, -0.15) is 4.91 Å². The Labute approximate surface area is 93.8 Å². The Morgan fingerprint density at radius 1 is 1.00 bits per heavy atom. The van der Waals surface area contributed by atoms with Crippen molar-refractivity contribution in [3.63, 3.8) is 0 Å². The number of carbonyl (C=O) groups is 1. The number of rotatable bonds is 2. The van der Waals surface area contributed by atoms with Crippen molar-refractivity contribution < 1.29 is 31.2 Å². The molecule has 0 aliphatic carbocycles. The van der Waals surface area contributed by atoms with E-state index in [-0.39, 0.29) is 0 Å². The second-order valence-electron chi connectivity index (χ2n) is 2.69. The van der Waals surface area contributed by atoms with Crippen molar-refractivity contribution in [2.45, 2.75) is 0 Å². The minimum atomic E-state index is -2.51. The molecule has 0 fully saturated rings. The van der Waals surface area contributed by atoms with Crippen molar-refractivity contribution in [1.29, 1.82) is 0 Å². The van der Waals surface area contributed by atoms with Crippen LogP contribution in [0.25, 0.3) is 10.4 Å². The highest BCUT2D eigenvalue weighted by Crippen LogP contribution is 2.24. The highest BCUT2D eigenvalue weighted by Gasteiger charge is 2.35. The quantitative estimate of drug-likeness (QED) is 0.119. The number of amides is 1. The van der Waals surface area contributed by atoms with Crippen LogP contribution < -0.4 is 0 Å². The van der Waals surface area contributed by atoms with Crippen molar-refractivity contribution >= 4 is 5.91 Å². The first-order valence-electron chi connectivity index (χ1n) is 3.89. The van der Waals surface area contributed by atoms with Crippen LogP contribution >= 0.6 is 0 Å². The average Bonchev–Trinajstić information content (AvgIpc) is 2.34. The highest BCUT2D eigenvalue weighted by molar-refractivity contribution is 5.93. The maximum atomic E-state index is 13.0. The average molecular weight is 270 g/mol. The van der Waals surface area contributed by atoms with E-state index in [9.17, 15) is 31.2 Å². The summed E-state index contributed by atoms with van der Waals surface area (Å²) in [4.78, 5) is 12.7. The molecule has 18 heavy (non-hydrogen) atoms. The van der Waals surface area contributed by atoms with Gasteiger partial charge in [-0.15, -0.1) is 5.53 Å². The molecule has 0 spiro atoms. The minimum Gasteiger partial charge on any atom is -0.237 e. The molecular formula is C7F6N4O. The third-order valence-electron chi connectivity index (χ3n) is 1.71. The summed E-state index contributed by atoms with van der Waals surface area (Å²) in [6.45, 7) is 0. The zero-order valence-electron chi connectivity index (χ0n) is 7.96. The van der Waals surface area contributed by atoms with E-state index in [1.165, 1.54) is 0 Å². The summed E-state index contributed by atoms with van der Waals surface area (Å²) >= 11 is 0. The van der Waals surface area contributed by atoms with E-state index >= 15 is 0 Å². The third-order valence-corrected chi connectivity index (χ3v) is 1.71. The molecule has 0 aliphatic heterocycles. The Kier molecular flexibility index (Phi) is 3.67. The van der Waals surface area contributed by atoms with Crippen LogP contribution in [0.5, 0.6) is 0 Å². The van der Waals surface area contributed by atoms with E-state index in [1.807, 2.05) is 5.22 Å². The molecule has 1 amide bonds. The highest BCUT2D eigenvalue weighted by atomic mass is 19.2. The topological polar surface area (TPSA) is 69.1 Å². The van der Waals surface area contributed by atoms with E-state index in [4.69, 9.17) is 5.53 Å². The van der Waals surface area contributed by atoms with Gasteiger partial charge in [-0.25, -0.2) is 26.7 Å². The van der Waals surface area contributed by atoms with Crippen LogP contribution in [-0.4, -0.2) is 11.1 Å². The van der Waals surface area contributed by atoms with Gasteiger partial charge in [-0.05, 0) is 0 Å². The summed E-state index contributed by atoms with van der Waals surface area (Å²) in [5.41, 5.74) is 5.68. The molecule has 0 unspecified atom stereocenters. The van der Waals surface area contributed by atoms with Gasteiger partial charge in [0.05, 0.1) is 0 Å². The second kappa shape index (κ2) is 4.84. The predicted molar refractivity (Wildman–Crippen MR) is 42.7 cm³/mol. The van der Waals surface area contributed by atoms with Crippen molar-refractivity contribution in [2.24, 2.45) is 5.22 Å². The van der Waals surface area contributed by atoms with Gasteiger partial charge >= 0.3 is 5.91 Å². The lowest BCUT2D eigenvalue weighted by atomic mass is 10.1. The first-order valence-corrected chi connectivity index (χ1v) is 3.89. The Morgan fingerprint density at radius 2 is 1.39 bits per heavy atom. The molecule has 0 N–H and O–H groups in total. The summed E-state index contributed by atoms with van der Waals surface area (Å²) in [6, 6.07) is 0. The number of azide groups is 1. The summed E-state index contributed by atoms with van der Waals surface area (Å²) in [6.07, 6.45) is 0. The lowest BCUT2D eigenvalue weighted by Crippen LogP contribution is -2.22. The summed E-state index contributed by atoms with van der Waals surface area (Å²) < 4.78 is 76.5. The Morgan fingerprint density at radius 3 is 1.78 bits per heavy atom. The number of hydrogen-bond donors (Lipinski definition) is 0. The Bertz CT molecular complexity index is 541. The zero-order chi connectivity index (χ0) is 14.0. The van der Waals surface area contributed by atoms with Crippen LogP contribution in [0.1, 0.15) is 10.4 Å². The summed E-state index contributed by atoms with van der Waals surface area (Å²) in [7, 11) is 0. The van der Waals surface area contributed by atoms with E-state index in [1.54, 1.807) is 4.91 Å². The largest absolute Gasteiger partial charge is 0.386 e. The van der Waals surface area contributed by atoms with Crippen molar-refractivity contribution in [2.75, 3.05) is 0 Å².